The topological polar surface area (TPSA) is 65.7 Å². The molecule has 0 amide bonds. The molecule has 1 unspecified atom stereocenters. The molecule has 0 radical (unpaired) electrons. The van der Waals surface area contributed by atoms with Gasteiger partial charge in [0.2, 0.25) is 5.76 Å². The van der Waals surface area contributed by atoms with Gasteiger partial charge in [0.15, 0.2) is 0 Å². The number of piperidine rings is 1. The number of nitrogens with one attached hydrogen (secondary N) is 1. The zero-order valence-electron chi connectivity index (χ0n) is 12.1. The van der Waals surface area contributed by atoms with Crippen LogP contribution in [0.25, 0.3) is 0 Å². The van der Waals surface area contributed by atoms with Crippen molar-refractivity contribution in [3.8, 4) is 0 Å². The number of carboxylic acids is 1. The monoisotopic (exact) mass is 280 g/mol. The first-order valence-electron chi connectivity index (χ1n) is 7.43. The zero-order valence-corrected chi connectivity index (χ0v) is 12.1. The van der Waals surface area contributed by atoms with Crippen molar-refractivity contribution in [2.45, 2.75) is 45.2 Å². The molecule has 5 heteroatoms. The van der Waals surface area contributed by atoms with Gasteiger partial charge in [-0.15, -0.1) is 0 Å². The molecule has 1 saturated heterocycles. The first-order valence-corrected chi connectivity index (χ1v) is 7.43. The lowest BCUT2D eigenvalue weighted by Crippen LogP contribution is -2.38. The van der Waals surface area contributed by atoms with Crippen LogP contribution >= 0.6 is 0 Å². The molecule has 0 saturated carbocycles. The molecule has 0 spiro atoms. The van der Waals surface area contributed by atoms with E-state index in [-0.39, 0.29) is 5.76 Å². The lowest BCUT2D eigenvalue weighted by molar-refractivity contribution is 0.0660. The molecule has 0 aliphatic carbocycles. The zero-order chi connectivity index (χ0) is 14.4. The second kappa shape index (κ2) is 7.45. The summed E-state index contributed by atoms with van der Waals surface area (Å²) >= 11 is 0. The average Bonchev–Trinajstić information content (AvgIpc) is 2.89. The average molecular weight is 280 g/mol. The second-order valence-electron chi connectivity index (χ2n) is 5.49. The maximum Gasteiger partial charge on any atom is 0.372 e. The van der Waals surface area contributed by atoms with Crippen LogP contribution in [0.15, 0.2) is 16.7 Å². The number of rotatable bonds is 7. The van der Waals surface area contributed by atoms with Crippen LogP contribution in [0.1, 0.15) is 48.7 Å². The summed E-state index contributed by atoms with van der Waals surface area (Å²) in [6.45, 7) is 6.08. The quantitative estimate of drug-likeness (QED) is 0.750. The fourth-order valence-corrected chi connectivity index (χ4v) is 2.78. The number of nitrogens with zero attached hydrogens (tertiary/aromatic N) is 1. The van der Waals surface area contributed by atoms with Gasteiger partial charge in [0, 0.05) is 18.2 Å². The summed E-state index contributed by atoms with van der Waals surface area (Å²) < 4.78 is 4.94. The molecule has 0 bridgehead atoms. The third-order valence-electron chi connectivity index (χ3n) is 4.00. The highest BCUT2D eigenvalue weighted by Gasteiger charge is 2.17. The van der Waals surface area contributed by atoms with E-state index in [2.05, 4.69) is 17.1 Å². The van der Waals surface area contributed by atoms with Gasteiger partial charge >= 0.3 is 5.97 Å². The third-order valence-corrected chi connectivity index (χ3v) is 4.00. The summed E-state index contributed by atoms with van der Waals surface area (Å²) in [6.07, 6.45) is 6.49. The Hall–Kier alpha value is -1.33. The molecule has 1 aromatic rings. The van der Waals surface area contributed by atoms with Gasteiger partial charge in [-0.3, -0.25) is 0 Å². The van der Waals surface area contributed by atoms with E-state index in [0.29, 0.717) is 18.2 Å². The normalized spacial score (nSPS) is 20.1. The summed E-state index contributed by atoms with van der Waals surface area (Å²) in [7, 11) is 0. The van der Waals surface area contributed by atoms with E-state index in [0.717, 1.165) is 19.5 Å². The van der Waals surface area contributed by atoms with E-state index in [4.69, 9.17) is 9.52 Å². The third kappa shape index (κ3) is 4.08. The van der Waals surface area contributed by atoms with E-state index < -0.39 is 5.97 Å². The number of carbonyl (C=O) groups is 1. The Morgan fingerprint density at radius 2 is 2.40 bits per heavy atom. The molecule has 20 heavy (non-hydrogen) atoms. The Balaban J connectivity index is 1.64. The second-order valence-corrected chi connectivity index (χ2v) is 5.49. The van der Waals surface area contributed by atoms with E-state index in [1.807, 2.05) is 0 Å². The standard InChI is InChI=1S/C15H24N2O3/c1-12-5-2-3-8-17(12)9-4-7-16-11-13-6-10-20-14(13)15(18)19/h6,10,12,16H,2-5,7-9,11H2,1H3,(H,18,19). The van der Waals surface area contributed by atoms with Gasteiger partial charge in [-0.05, 0) is 51.9 Å². The predicted octanol–water partition coefficient (Wildman–Crippen LogP) is 2.33. The molecule has 1 fully saturated rings. The Bertz CT molecular complexity index is 431. The molecule has 2 heterocycles. The van der Waals surface area contributed by atoms with Crippen molar-refractivity contribution < 1.29 is 14.3 Å². The SMILES string of the molecule is CC1CCCCN1CCCNCc1ccoc1C(=O)O. The molecule has 2 N–H and O–H groups in total. The van der Waals surface area contributed by atoms with Crippen LogP contribution in [0, 0.1) is 0 Å². The van der Waals surface area contributed by atoms with Crippen molar-refractivity contribution in [2.24, 2.45) is 0 Å². The van der Waals surface area contributed by atoms with E-state index in [9.17, 15) is 4.79 Å². The number of carboxylic acid groups (broad SMARTS) is 1. The minimum atomic E-state index is -1.01. The molecule has 1 atom stereocenters. The smallest absolute Gasteiger partial charge is 0.372 e. The van der Waals surface area contributed by atoms with Crippen molar-refractivity contribution in [3.63, 3.8) is 0 Å². The van der Waals surface area contributed by atoms with Crippen molar-refractivity contribution in [3.05, 3.63) is 23.7 Å². The Kier molecular flexibility index (Phi) is 5.61. The molecular formula is C15H24N2O3. The number of hydrogen-bond donors (Lipinski definition) is 2. The maximum absolute atomic E-state index is 10.9. The fourth-order valence-electron chi connectivity index (χ4n) is 2.78. The van der Waals surface area contributed by atoms with Crippen molar-refractivity contribution in [1.29, 1.82) is 0 Å². The van der Waals surface area contributed by atoms with Crippen LogP contribution in [-0.4, -0.2) is 41.7 Å². The van der Waals surface area contributed by atoms with Crippen LogP contribution in [0.5, 0.6) is 0 Å². The summed E-state index contributed by atoms with van der Waals surface area (Å²) in [4.78, 5) is 13.4. The first kappa shape index (κ1) is 15.1. The predicted molar refractivity (Wildman–Crippen MR) is 76.9 cm³/mol. The highest BCUT2D eigenvalue weighted by Crippen LogP contribution is 2.16. The fraction of sp³-hybridized carbons (Fsp3) is 0.667. The molecule has 5 nitrogen and oxygen atoms in total. The Morgan fingerprint density at radius 1 is 1.55 bits per heavy atom. The van der Waals surface area contributed by atoms with Gasteiger partial charge in [0.05, 0.1) is 6.26 Å². The summed E-state index contributed by atoms with van der Waals surface area (Å²) in [5, 5.41) is 12.2. The van der Waals surface area contributed by atoms with E-state index >= 15 is 0 Å². The Morgan fingerprint density at radius 3 is 3.15 bits per heavy atom. The largest absolute Gasteiger partial charge is 0.475 e. The minimum absolute atomic E-state index is 0.0437. The molecule has 0 aromatic carbocycles. The lowest BCUT2D eigenvalue weighted by atomic mass is 10.0. The van der Waals surface area contributed by atoms with Crippen molar-refractivity contribution in [2.75, 3.05) is 19.6 Å². The number of hydrogen-bond acceptors (Lipinski definition) is 4. The van der Waals surface area contributed by atoms with Gasteiger partial charge in [0.1, 0.15) is 0 Å². The molecule has 1 aliphatic rings. The van der Waals surface area contributed by atoms with Crippen LogP contribution in [0.3, 0.4) is 0 Å². The summed E-state index contributed by atoms with van der Waals surface area (Å²) in [5.74, 6) is -0.962. The number of furan rings is 1. The summed E-state index contributed by atoms with van der Waals surface area (Å²) in [5.41, 5.74) is 0.712. The number of likely N-dealkylation sites (tertiary alicyclic amines) is 1. The van der Waals surface area contributed by atoms with E-state index in [1.54, 1.807) is 6.07 Å². The van der Waals surface area contributed by atoms with Crippen LogP contribution in [0.4, 0.5) is 0 Å². The molecule has 1 aromatic heterocycles. The first-order chi connectivity index (χ1) is 9.68. The minimum Gasteiger partial charge on any atom is -0.475 e. The molecule has 2 rings (SSSR count). The van der Waals surface area contributed by atoms with E-state index in [1.165, 1.54) is 32.1 Å². The van der Waals surface area contributed by atoms with Crippen LogP contribution in [0.2, 0.25) is 0 Å². The molecule has 1 aliphatic heterocycles. The maximum atomic E-state index is 10.9. The highest BCUT2D eigenvalue weighted by molar-refractivity contribution is 5.86. The van der Waals surface area contributed by atoms with Crippen LogP contribution in [-0.2, 0) is 6.54 Å². The van der Waals surface area contributed by atoms with Gasteiger partial charge < -0.3 is 19.7 Å². The summed E-state index contributed by atoms with van der Waals surface area (Å²) in [6, 6.07) is 2.42. The van der Waals surface area contributed by atoms with Crippen molar-refractivity contribution >= 4 is 5.97 Å². The Labute approximate surface area is 119 Å². The lowest BCUT2D eigenvalue weighted by Gasteiger charge is -2.33. The van der Waals surface area contributed by atoms with Crippen LogP contribution < -0.4 is 5.32 Å². The van der Waals surface area contributed by atoms with Gasteiger partial charge in [-0.2, -0.15) is 0 Å². The van der Waals surface area contributed by atoms with Gasteiger partial charge in [-0.25, -0.2) is 4.79 Å². The number of aromatic carboxylic acids is 1. The van der Waals surface area contributed by atoms with Gasteiger partial charge in [0.25, 0.3) is 0 Å². The highest BCUT2D eigenvalue weighted by atomic mass is 16.4. The van der Waals surface area contributed by atoms with Crippen molar-refractivity contribution in [1.82, 2.24) is 10.2 Å². The van der Waals surface area contributed by atoms with Gasteiger partial charge in [-0.1, -0.05) is 6.42 Å². The molecular weight excluding hydrogens is 256 g/mol. The molecule has 112 valence electrons.